The number of benzene rings is 2. The summed E-state index contributed by atoms with van der Waals surface area (Å²) in [4.78, 5) is 37.3. The standard InChI is InChI=1S/C21H23NO5/c1-14-6-5-13-22(14,21(25)26)20(24)12-10-18(23)16-9-11-19(27-2)17-8-4-3-7-15(16)17/h3-4,7-9,11,14H,5-6,10,12-13H2,1-2H3/p+1/t14-,22?/m1/s1. The molecule has 1 aliphatic rings. The molecule has 1 saturated heterocycles. The predicted molar refractivity (Wildman–Crippen MR) is 101 cm³/mol. The maximum Gasteiger partial charge on any atom is 0.521 e. The van der Waals surface area contributed by atoms with E-state index in [0.29, 0.717) is 30.7 Å². The predicted octanol–water partition coefficient (Wildman–Crippen LogP) is 4.02. The van der Waals surface area contributed by atoms with E-state index in [9.17, 15) is 19.5 Å². The number of amides is 2. The monoisotopic (exact) mass is 370 g/mol. The fourth-order valence-corrected chi connectivity index (χ4v) is 4.09. The van der Waals surface area contributed by atoms with Crippen LogP contribution in [0.5, 0.6) is 5.75 Å². The molecule has 0 radical (unpaired) electrons. The highest BCUT2D eigenvalue weighted by atomic mass is 16.5. The molecule has 1 unspecified atom stereocenters. The molecule has 2 aromatic rings. The van der Waals surface area contributed by atoms with Gasteiger partial charge >= 0.3 is 12.0 Å². The van der Waals surface area contributed by atoms with Crippen molar-refractivity contribution in [1.82, 2.24) is 0 Å². The lowest BCUT2D eigenvalue weighted by Gasteiger charge is -2.29. The first-order chi connectivity index (χ1) is 12.9. The second-order valence-corrected chi connectivity index (χ2v) is 7.04. The number of nitrogens with zero attached hydrogens (tertiary/aromatic N) is 1. The van der Waals surface area contributed by atoms with Crippen molar-refractivity contribution in [3.63, 3.8) is 0 Å². The van der Waals surface area contributed by atoms with E-state index in [1.54, 1.807) is 26.2 Å². The van der Waals surface area contributed by atoms with Gasteiger partial charge in [0.05, 0.1) is 20.1 Å². The van der Waals surface area contributed by atoms with Crippen LogP contribution in [0, 0.1) is 0 Å². The summed E-state index contributed by atoms with van der Waals surface area (Å²) < 4.78 is 4.79. The number of carboxylic acid groups (broad SMARTS) is 1. The lowest BCUT2D eigenvalue weighted by Crippen LogP contribution is -2.58. The first-order valence-corrected chi connectivity index (χ1v) is 9.15. The summed E-state index contributed by atoms with van der Waals surface area (Å²) in [5.74, 6) is 0.121. The number of ketones is 1. The van der Waals surface area contributed by atoms with Gasteiger partial charge in [0.25, 0.3) is 0 Å². The summed E-state index contributed by atoms with van der Waals surface area (Å²) in [5, 5.41) is 11.2. The van der Waals surface area contributed by atoms with Gasteiger partial charge in [0, 0.05) is 30.2 Å². The van der Waals surface area contributed by atoms with Crippen LogP contribution >= 0.6 is 0 Å². The third kappa shape index (κ3) is 3.21. The quantitative estimate of drug-likeness (QED) is 0.635. The highest BCUT2D eigenvalue weighted by molar-refractivity contribution is 6.10. The van der Waals surface area contributed by atoms with Crippen LogP contribution in [0.1, 0.15) is 43.0 Å². The molecule has 27 heavy (non-hydrogen) atoms. The summed E-state index contributed by atoms with van der Waals surface area (Å²) in [6, 6.07) is 10.6. The number of hydrogen-bond acceptors (Lipinski definition) is 4. The van der Waals surface area contributed by atoms with E-state index in [2.05, 4.69) is 0 Å². The molecule has 142 valence electrons. The van der Waals surface area contributed by atoms with E-state index < -0.39 is 16.5 Å². The van der Waals surface area contributed by atoms with Crippen LogP contribution in [0.4, 0.5) is 4.79 Å². The largest absolute Gasteiger partial charge is 0.521 e. The van der Waals surface area contributed by atoms with Crippen LogP contribution in [-0.4, -0.2) is 47.1 Å². The number of carbonyl (C=O) groups excluding carboxylic acids is 2. The number of methoxy groups -OCH3 is 1. The van der Waals surface area contributed by atoms with E-state index >= 15 is 0 Å². The molecule has 1 aliphatic heterocycles. The van der Waals surface area contributed by atoms with Gasteiger partial charge in [-0.25, -0.2) is 4.79 Å². The summed E-state index contributed by atoms with van der Waals surface area (Å²) in [7, 11) is 1.58. The van der Waals surface area contributed by atoms with Gasteiger partial charge in [-0.05, 0) is 24.4 Å². The Morgan fingerprint density at radius 2 is 1.81 bits per heavy atom. The molecule has 1 heterocycles. The number of ether oxygens (including phenoxy) is 1. The minimum atomic E-state index is -1.12. The highest BCUT2D eigenvalue weighted by Gasteiger charge is 2.52. The fraction of sp³-hybridized carbons (Fsp3) is 0.381. The number of Topliss-reactive ketones (excluding diaryl/α,β-unsaturated/α-hetero) is 1. The maximum atomic E-state index is 12.8. The Balaban J connectivity index is 1.82. The van der Waals surface area contributed by atoms with Crippen LogP contribution < -0.4 is 4.74 Å². The van der Waals surface area contributed by atoms with Crippen molar-refractivity contribution in [2.75, 3.05) is 13.7 Å². The number of hydrogen-bond donors (Lipinski definition) is 1. The van der Waals surface area contributed by atoms with Crippen molar-refractivity contribution in [3.05, 3.63) is 42.0 Å². The number of imide groups is 1. The van der Waals surface area contributed by atoms with Crippen LogP contribution in [0.15, 0.2) is 36.4 Å². The molecule has 3 rings (SSSR count). The molecule has 2 atom stereocenters. The first-order valence-electron chi connectivity index (χ1n) is 9.15. The first kappa shape index (κ1) is 19.0. The zero-order valence-corrected chi connectivity index (χ0v) is 15.6. The molecule has 0 aliphatic carbocycles. The molecule has 0 bridgehead atoms. The lowest BCUT2D eigenvalue weighted by atomic mass is 9.98. The van der Waals surface area contributed by atoms with Gasteiger partial charge in [-0.2, -0.15) is 9.28 Å². The average Bonchev–Trinajstić information content (AvgIpc) is 3.07. The average molecular weight is 370 g/mol. The van der Waals surface area contributed by atoms with Gasteiger partial charge in [0.1, 0.15) is 11.8 Å². The zero-order chi connectivity index (χ0) is 19.6. The zero-order valence-electron chi connectivity index (χ0n) is 15.6. The summed E-state index contributed by atoms with van der Waals surface area (Å²) >= 11 is 0. The fourth-order valence-electron chi connectivity index (χ4n) is 4.09. The van der Waals surface area contributed by atoms with Gasteiger partial charge < -0.3 is 9.84 Å². The molecule has 1 N–H and O–H groups in total. The number of quaternary nitrogens is 1. The van der Waals surface area contributed by atoms with Crippen LogP contribution in [0.3, 0.4) is 0 Å². The van der Waals surface area contributed by atoms with Crippen molar-refractivity contribution in [2.24, 2.45) is 0 Å². The Kier molecular flexibility index (Phi) is 5.28. The molecule has 0 aromatic heterocycles. The Morgan fingerprint density at radius 3 is 2.41 bits per heavy atom. The van der Waals surface area contributed by atoms with Crippen LogP contribution in [0.2, 0.25) is 0 Å². The molecule has 0 spiro atoms. The minimum Gasteiger partial charge on any atom is -0.496 e. The molecule has 2 amide bonds. The third-order valence-electron chi connectivity index (χ3n) is 5.64. The number of rotatable bonds is 5. The van der Waals surface area contributed by atoms with Crippen molar-refractivity contribution in [3.8, 4) is 5.75 Å². The Bertz CT molecular complexity index is 907. The van der Waals surface area contributed by atoms with E-state index in [1.807, 2.05) is 24.3 Å². The van der Waals surface area contributed by atoms with Crippen LogP contribution in [-0.2, 0) is 4.79 Å². The number of likely N-dealkylation sites (tertiary alicyclic amines) is 1. The van der Waals surface area contributed by atoms with Gasteiger partial charge in [-0.15, -0.1) is 0 Å². The molecular formula is C21H24NO5+. The number of carbonyl (C=O) groups is 3. The van der Waals surface area contributed by atoms with Crippen molar-refractivity contribution >= 4 is 28.6 Å². The highest BCUT2D eigenvalue weighted by Crippen LogP contribution is 2.31. The molecule has 6 nitrogen and oxygen atoms in total. The maximum absolute atomic E-state index is 12.8. The smallest absolute Gasteiger partial charge is 0.496 e. The van der Waals surface area contributed by atoms with Gasteiger partial charge in [-0.1, -0.05) is 24.3 Å². The molecule has 1 fully saturated rings. The van der Waals surface area contributed by atoms with Crippen molar-refractivity contribution < 1.29 is 28.7 Å². The van der Waals surface area contributed by atoms with Gasteiger partial charge in [-0.3, -0.25) is 4.79 Å². The van der Waals surface area contributed by atoms with Gasteiger partial charge in [0.15, 0.2) is 5.78 Å². The molecular weight excluding hydrogens is 346 g/mol. The van der Waals surface area contributed by atoms with E-state index in [-0.39, 0.29) is 24.7 Å². The Labute approximate surface area is 157 Å². The SMILES string of the molecule is COc1ccc(C(=O)CCC(=O)[N+]2(C(=O)O)CCC[C@H]2C)c2ccccc12. The van der Waals surface area contributed by atoms with E-state index in [1.165, 1.54) is 0 Å². The lowest BCUT2D eigenvalue weighted by molar-refractivity contribution is -0.792. The van der Waals surface area contributed by atoms with E-state index in [4.69, 9.17) is 4.74 Å². The normalized spacial score (nSPS) is 21.9. The summed E-state index contributed by atoms with van der Waals surface area (Å²) in [5.41, 5.74) is 0.524. The number of fused-ring (bicyclic) bond motifs is 1. The topological polar surface area (TPSA) is 80.7 Å². The Hall–Kier alpha value is -2.73. The second kappa shape index (κ2) is 7.48. The molecule has 6 heteroatoms. The third-order valence-corrected chi connectivity index (χ3v) is 5.64. The van der Waals surface area contributed by atoms with Crippen molar-refractivity contribution in [1.29, 1.82) is 0 Å². The van der Waals surface area contributed by atoms with Crippen molar-refractivity contribution in [2.45, 2.75) is 38.6 Å². The van der Waals surface area contributed by atoms with Crippen LogP contribution in [0.25, 0.3) is 10.8 Å². The Morgan fingerprint density at radius 1 is 1.11 bits per heavy atom. The van der Waals surface area contributed by atoms with Gasteiger partial charge in [0.2, 0.25) is 0 Å². The summed E-state index contributed by atoms with van der Waals surface area (Å²) in [6.07, 6.45) is 0.212. The van der Waals surface area contributed by atoms with E-state index in [0.717, 1.165) is 10.8 Å². The molecule has 0 saturated carbocycles. The minimum absolute atomic E-state index is 0.00481. The summed E-state index contributed by atoms with van der Waals surface area (Å²) in [6.45, 7) is 2.09. The second-order valence-electron chi connectivity index (χ2n) is 7.04. The molecule has 2 aromatic carbocycles.